The molecule has 3 heteroatoms. The Balaban J connectivity index is 3.17. The predicted octanol–water partition coefficient (Wildman–Crippen LogP) is 2.18. The fourth-order valence-electron chi connectivity index (χ4n) is 0.476. The highest BCUT2D eigenvalue weighted by Gasteiger charge is 1.96. The second kappa shape index (κ2) is 2.31. The summed E-state index contributed by atoms with van der Waals surface area (Å²) in [5.41, 5.74) is 0.513. The molecule has 0 bridgehead atoms. The molecular weight excluding hydrogens is 141 g/mol. The first-order chi connectivity index (χ1) is 4.20. The first kappa shape index (κ1) is 6.49. The molecule has 1 aromatic rings. The molecule has 0 saturated carbocycles. The van der Waals surface area contributed by atoms with E-state index in [1.807, 2.05) is 0 Å². The molecule has 0 amide bonds. The number of pyridine rings is 1. The van der Waals surface area contributed by atoms with Gasteiger partial charge >= 0.3 is 0 Å². The van der Waals surface area contributed by atoms with Crippen LogP contribution < -0.4 is 0 Å². The van der Waals surface area contributed by atoms with E-state index in [0.29, 0.717) is 5.56 Å². The van der Waals surface area contributed by atoms with Crippen molar-refractivity contribution in [3.8, 4) is 0 Å². The van der Waals surface area contributed by atoms with Crippen molar-refractivity contribution in [2.45, 2.75) is 6.92 Å². The highest BCUT2D eigenvalue weighted by molar-refractivity contribution is 6.29. The van der Waals surface area contributed by atoms with Crippen LogP contribution in [0.4, 0.5) is 4.39 Å². The predicted molar refractivity (Wildman–Crippen MR) is 33.9 cm³/mol. The highest BCUT2D eigenvalue weighted by Crippen LogP contribution is 2.08. The van der Waals surface area contributed by atoms with Gasteiger partial charge in [-0.3, -0.25) is 0 Å². The van der Waals surface area contributed by atoms with Crippen LogP contribution in [0.25, 0.3) is 0 Å². The maximum atomic E-state index is 12.5. The molecule has 0 unspecified atom stereocenters. The summed E-state index contributed by atoms with van der Waals surface area (Å²) in [7, 11) is 0. The SMILES string of the molecule is Cc1cnc(Cl)cc1F. The summed E-state index contributed by atoms with van der Waals surface area (Å²) < 4.78 is 12.5. The van der Waals surface area contributed by atoms with Crippen molar-refractivity contribution in [2.24, 2.45) is 0 Å². The van der Waals surface area contributed by atoms with Crippen molar-refractivity contribution in [3.05, 3.63) is 28.8 Å². The number of hydrogen-bond donors (Lipinski definition) is 0. The van der Waals surface area contributed by atoms with E-state index < -0.39 is 0 Å². The molecule has 0 fully saturated rings. The van der Waals surface area contributed by atoms with E-state index in [2.05, 4.69) is 4.98 Å². The average molecular weight is 146 g/mol. The Morgan fingerprint density at radius 2 is 2.33 bits per heavy atom. The normalized spacial score (nSPS) is 9.67. The summed E-state index contributed by atoms with van der Waals surface area (Å²) in [6.07, 6.45) is 1.40. The van der Waals surface area contributed by atoms with Gasteiger partial charge in [0.05, 0.1) is 0 Å². The molecule has 0 radical (unpaired) electrons. The number of nitrogens with zero attached hydrogens (tertiary/aromatic N) is 1. The summed E-state index contributed by atoms with van der Waals surface area (Å²) in [6.45, 7) is 1.64. The van der Waals surface area contributed by atoms with Gasteiger partial charge < -0.3 is 0 Å². The molecule has 1 heterocycles. The minimum absolute atomic E-state index is 0.193. The van der Waals surface area contributed by atoms with Crippen LogP contribution in [0.2, 0.25) is 5.15 Å². The van der Waals surface area contributed by atoms with Crippen molar-refractivity contribution in [1.82, 2.24) is 4.98 Å². The molecule has 1 nitrogen and oxygen atoms in total. The number of aryl methyl sites for hydroxylation is 1. The summed E-state index contributed by atoms with van der Waals surface area (Å²) in [6, 6.07) is 1.19. The van der Waals surface area contributed by atoms with E-state index in [9.17, 15) is 4.39 Å². The maximum absolute atomic E-state index is 12.5. The fraction of sp³-hybridized carbons (Fsp3) is 0.167. The zero-order chi connectivity index (χ0) is 6.85. The Hall–Kier alpha value is -0.630. The van der Waals surface area contributed by atoms with Crippen LogP contribution in [0.3, 0.4) is 0 Å². The van der Waals surface area contributed by atoms with E-state index >= 15 is 0 Å². The van der Waals surface area contributed by atoms with Gasteiger partial charge in [-0.15, -0.1) is 0 Å². The van der Waals surface area contributed by atoms with Crippen molar-refractivity contribution in [1.29, 1.82) is 0 Å². The molecule has 0 aliphatic carbocycles. The average Bonchev–Trinajstić information content (AvgIpc) is 1.80. The molecule has 9 heavy (non-hydrogen) atoms. The van der Waals surface area contributed by atoms with Gasteiger partial charge in [0.15, 0.2) is 0 Å². The van der Waals surface area contributed by atoms with E-state index in [0.717, 1.165) is 0 Å². The van der Waals surface area contributed by atoms with Crippen LogP contribution in [0, 0.1) is 12.7 Å². The zero-order valence-electron chi connectivity index (χ0n) is 4.86. The van der Waals surface area contributed by atoms with E-state index in [1.54, 1.807) is 6.92 Å². The molecule has 0 spiro atoms. The topological polar surface area (TPSA) is 12.9 Å². The van der Waals surface area contributed by atoms with Crippen molar-refractivity contribution in [3.63, 3.8) is 0 Å². The zero-order valence-corrected chi connectivity index (χ0v) is 5.61. The molecule has 1 rings (SSSR count). The summed E-state index contributed by atoms with van der Waals surface area (Å²) >= 11 is 5.37. The van der Waals surface area contributed by atoms with Crippen LogP contribution in [0.5, 0.6) is 0 Å². The molecule has 0 aliphatic rings. The van der Waals surface area contributed by atoms with Crippen molar-refractivity contribution < 1.29 is 4.39 Å². The Morgan fingerprint density at radius 1 is 1.67 bits per heavy atom. The highest BCUT2D eigenvalue weighted by atomic mass is 35.5. The number of rotatable bonds is 0. The molecule has 1 aromatic heterocycles. The molecule has 48 valence electrons. The minimum atomic E-state index is -0.310. The van der Waals surface area contributed by atoms with E-state index in [-0.39, 0.29) is 11.0 Å². The third-order valence-electron chi connectivity index (χ3n) is 1.00. The fourth-order valence-corrected chi connectivity index (χ4v) is 0.620. The quantitative estimate of drug-likeness (QED) is 0.510. The van der Waals surface area contributed by atoms with Gasteiger partial charge in [-0.2, -0.15) is 0 Å². The number of hydrogen-bond acceptors (Lipinski definition) is 1. The van der Waals surface area contributed by atoms with Gasteiger partial charge in [0.1, 0.15) is 11.0 Å². The van der Waals surface area contributed by atoms with Crippen molar-refractivity contribution >= 4 is 11.6 Å². The van der Waals surface area contributed by atoms with Crippen LogP contribution >= 0.6 is 11.6 Å². The Morgan fingerprint density at radius 3 is 2.78 bits per heavy atom. The molecule has 0 N–H and O–H groups in total. The standard InChI is InChI=1S/C6H5ClFN/c1-4-3-9-6(7)2-5(4)8/h2-3H,1H3. The van der Waals surface area contributed by atoms with Gasteiger partial charge in [-0.1, -0.05) is 11.6 Å². The van der Waals surface area contributed by atoms with Gasteiger partial charge in [-0.05, 0) is 6.92 Å². The number of halogens is 2. The van der Waals surface area contributed by atoms with Gasteiger partial charge in [0.25, 0.3) is 0 Å². The van der Waals surface area contributed by atoms with E-state index in [1.165, 1.54) is 12.3 Å². The minimum Gasteiger partial charge on any atom is -0.244 e. The second-order valence-electron chi connectivity index (χ2n) is 1.76. The van der Waals surface area contributed by atoms with Crippen LogP contribution in [0.15, 0.2) is 12.3 Å². The lowest BCUT2D eigenvalue weighted by Gasteiger charge is -1.92. The molecule has 0 saturated heterocycles. The Labute approximate surface area is 57.5 Å². The molecule has 0 atom stereocenters. The van der Waals surface area contributed by atoms with Crippen LogP contribution in [-0.4, -0.2) is 4.98 Å². The van der Waals surface area contributed by atoms with E-state index in [4.69, 9.17) is 11.6 Å². The monoisotopic (exact) mass is 145 g/mol. The lowest BCUT2D eigenvalue weighted by Crippen LogP contribution is -1.83. The van der Waals surface area contributed by atoms with Crippen molar-refractivity contribution in [2.75, 3.05) is 0 Å². The summed E-state index contributed by atoms with van der Waals surface area (Å²) in [4.78, 5) is 3.66. The number of aromatic nitrogens is 1. The maximum Gasteiger partial charge on any atom is 0.131 e. The summed E-state index contributed by atoms with van der Waals surface area (Å²) in [5.74, 6) is -0.310. The van der Waals surface area contributed by atoms with Gasteiger partial charge in [-0.25, -0.2) is 9.37 Å². The largest absolute Gasteiger partial charge is 0.244 e. The van der Waals surface area contributed by atoms with Gasteiger partial charge in [0, 0.05) is 17.8 Å². The summed E-state index contributed by atoms with van der Waals surface area (Å²) in [5, 5.41) is 0.193. The molecular formula is C6H5ClFN. The van der Waals surface area contributed by atoms with Crippen LogP contribution in [-0.2, 0) is 0 Å². The van der Waals surface area contributed by atoms with Gasteiger partial charge in [0.2, 0.25) is 0 Å². The smallest absolute Gasteiger partial charge is 0.131 e. The second-order valence-corrected chi connectivity index (χ2v) is 2.14. The first-order valence-corrected chi connectivity index (χ1v) is 2.85. The molecule has 0 aromatic carbocycles. The Bertz CT molecular complexity index is 224. The lowest BCUT2D eigenvalue weighted by molar-refractivity contribution is 0.616. The third kappa shape index (κ3) is 1.39. The first-order valence-electron chi connectivity index (χ1n) is 2.48. The molecule has 0 aliphatic heterocycles. The third-order valence-corrected chi connectivity index (χ3v) is 1.21. The Kier molecular flexibility index (Phi) is 1.67. The lowest BCUT2D eigenvalue weighted by atomic mass is 10.3. The van der Waals surface area contributed by atoms with Crippen LogP contribution in [0.1, 0.15) is 5.56 Å².